The van der Waals surface area contributed by atoms with Gasteiger partial charge in [-0.05, 0) is 38.0 Å². The Morgan fingerprint density at radius 3 is 2.68 bits per heavy atom. The Balaban J connectivity index is 1.94. The molecule has 0 unspecified atom stereocenters. The van der Waals surface area contributed by atoms with Crippen molar-refractivity contribution in [3.63, 3.8) is 0 Å². The molecule has 0 saturated carbocycles. The lowest BCUT2D eigenvalue weighted by Crippen LogP contribution is -2.41. The minimum atomic E-state index is -3.19. The molecule has 7 heteroatoms. The molecular formula is C15H18N2O4S. The molecule has 118 valence electrons. The topological polar surface area (TPSA) is 87.5 Å². The highest BCUT2D eigenvalue weighted by atomic mass is 32.2. The van der Waals surface area contributed by atoms with E-state index in [1.165, 1.54) is 10.4 Å². The Kier molecular flexibility index (Phi) is 5.16. The first kappa shape index (κ1) is 16.5. The first-order chi connectivity index (χ1) is 10.5. The highest BCUT2D eigenvalue weighted by Crippen LogP contribution is 2.22. The van der Waals surface area contributed by atoms with Crippen molar-refractivity contribution in [3.05, 3.63) is 29.8 Å². The smallest absolute Gasteiger partial charge is 0.314 e. The second-order valence-corrected chi connectivity index (χ2v) is 7.39. The quantitative estimate of drug-likeness (QED) is 0.619. The van der Waals surface area contributed by atoms with Crippen LogP contribution < -0.4 is 4.74 Å². The van der Waals surface area contributed by atoms with Crippen LogP contribution in [0, 0.1) is 17.2 Å². The number of carbonyl (C=O) groups excluding carboxylic acids is 1. The van der Waals surface area contributed by atoms with E-state index in [0.29, 0.717) is 37.2 Å². The summed E-state index contributed by atoms with van der Waals surface area (Å²) in [6, 6.07) is 8.39. The van der Waals surface area contributed by atoms with Crippen molar-refractivity contribution < 1.29 is 17.9 Å². The normalized spacial score (nSPS) is 16.9. The van der Waals surface area contributed by atoms with Gasteiger partial charge in [0.25, 0.3) is 0 Å². The number of sulfonamides is 1. The lowest BCUT2D eigenvalue weighted by atomic mass is 9.98. The highest BCUT2D eigenvalue weighted by Gasteiger charge is 2.31. The SMILES string of the molecule is CCS(=O)(=O)N1CCC(C(=O)Oc2cccc(C#N)c2)CC1. The van der Waals surface area contributed by atoms with E-state index in [-0.39, 0.29) is 17.6 Å². The summed E-state index contributed by atoms with van der Waals surface area (Å²) in [4.78, 5) is 12.1. The maximum absolute atomic E-state index is 12.1. The Bertz CT molecular complexity index is 686. The van der Waals surface area contributed by atoms with Gasteiger partial charge in [0.05, 0.1) is 23.3 Å². The molecule has 22 heavy (non-hydrogen) atoms. The zero-order chi connectivity index (χ0) is 16.2. The van der Waals surface area contributed by atoms with Crippen LogP contribution in [0.4, 0.5) is 0 Å². The molecule has 0 aliphatic carbocycles. The van der Waals surface area contributed by atoms with Crippen molar-refractivity contribution in [2.24, 2.45) is 5.92 Å². The van der Waals surface area contributed by atoms with Gasteiger partial charge in [-0.1, -0.05) is 6.07 Å². The molecule has 0 amide bonds. The van der Waals surface area contributed by atoms with E-state index in [0.717, 1.165) is 0 Å². The molecular weight excluding hydrogens is 304 g/mol. The van der Waals surface area contributed by atoms with Gasteiger partial charge in [-0.25, -0.2) is 12.7 Å². The van der Waals surface area contributed by atoms with Gasteiger partial charge in [0, 0.05) is 13.1 Å². The summed E-state index contributed by atoms with van der Waals surface area (Å²) in [5.74, 6) is -0.270. The summed E-state index contributed by atoms with van der Waals surface area (Å²) < 4.78 is 30.3. The Labute approximate surface area is 130 Å². The number of nitrogens with zero attached hydrogens (tertiary/aromatic N) is 2. The van der Waals surface area contributed by atoms with Gasteiger partial charge in [-0.15, -0.1) is 0 Å². The predicted octanol–water partition coefficient (Wildman–Crippen LogP) is 1.53. The van der Waals surface area contributed by atoms with Gasteiger partial charge < -0.3 is 4.74 Å². The number of rotatable bonds is 4. The van der Waals surface area contributed by atoms with E-state index in [4.69, 9.17) is 10.00 Å². The van der Waals surface area contributed by atoms with Crippen LogP contribution in [-0.4, -0.2) is 37.5 Å². The Hall–Kier alpha value is -1.91. The fourth-order valence-corrected chi connectivity index (χ4v) is 3.51. The summed E-state index contributed by atoms with van der Waals surface area (Å²) in [5.41, 5.74) is 0.425. The molecule has 1 aliphatic heterocycles. The van der Waals surface area contributed by atoms with Gasteiger partial charge in [0.2, 0.25) is 10.0 Å². The van der Waals surface area contributed by atoms with Gasteiger partial charge in [0.1, 0.15) is 5.75 Å². The highest BCUT2D eigenvalue weighted by molar-refractivity contribution is 7.89. The molecule has 1 aromatic rings. The van der Waals surface area contributed by atoms with E-state index in [9.17, 15) is 13.2 Å². The monoisotopic (exact) mass is 322 g/mol. The third-order valence-electron chi connectivity index (χ3n) is 3.73. The van der Waals surface area contributed by atoms with Crippen LogP contribution in [0.3, 0.4) is 0 Å². The first-order valence-electron chi connectivity index (χ1n) is 7.16. The van der Waals surface area contributed by atoms with E-state index in [1.54, 1.807) is 25.1 Å². The van der Waals surface area contributed by atoms with Crippen LogP contribution in [0.25, 0.3) is 0 Å². The van der Waals surface area contributed by atoms with Crippen LogP contribution in [-0.2, 0) is 14.8 Å². The minimum absolute atomic E-state index is 0.0725. The lowest BCUT2D eigenvalue weighted by molar-refractivity contribution is -0.140. The first-order valence-corrected chi connectivity index (χ1v) is 8.77. The number of benzene rings is 1. The molecule has 0 bridgehead atoms. The molecule has 0 N–H and O–H groups in total. The second-order valence-electron chi connectivity index (χ2n) is 5.13. The fourth-order valence-electron chi connectivity index (χ4n) is 2.38. The molecule has 1 heterocycles. The molecule has 1 saturated heterocycles. The van der Waals surface area contributed by atoms with Crippen LogP contribution in [0.5, 0.6) is 5.75 Å². The zero-order valence-electron chi connectivity index (χ0n) is 12.4. The van der Waals surface area contributed by atoms with Crippen LogP contribution in [0.2, 0.25) is 0 Å². The number of hydrogen-bond acceptors (Lipinski definition) is 5. The molecule has 0 radical (unpaired) electrons. The van der Waals surface area contributed by atoms with E-state index >= 15 is 0 Å². The Morgan fingerprint density at radius 1 is 1.41 bits per heavy atom. The summed E-state index contributed by atoms with van der Waals surface area (Å²) in [5, 5.41) is 8.82. The largest absolute Gasteiger partial charge is 0.426 e. The zero-order valence-corrected chi connectivity index (χ0v) is 13.2. The summed E-state index contributed by atoms with van der Waals surface area (Å²) in [7, 11) is -3.19. The van der Waals surface area contributed by atoms with Crippen LogP contribution in [0.1, 0.15) is 25.3 Å². The average molecular weight is 322 g/mol. The average Bonchev–Trinajstić information content (AvgIpc) is 2.55. The number of ether oxygens (including phenoxy) is 1. The van der Waals surface area contributed by atoms with Crippen molar-refractivity contribution in [1.29, 1.82) is 5.26 Å². The maximum atomic E-state index is 12.1. The van der Waals surface area contributed by atoms with Gasteiger partial charge in [0.15, 0.2) is 0 Å². The molecule has 1 aromatic carbocycles. The third-order valence-corrected chi connectivity index (χ3v) is 5.61. The van der Waals surface area contributed by atoms with Crippen molar-refractivity contribution in [2.75, 3.05) is 18.8 Å². The van der Waals surface area contributed by atoms with Gasteiger partial charge in [-0.3, -0.25) is 4.79 Å². The van der Waals surface area contributed by atoms with E-state index in [2.05, 4.69) is 0 Å². The van der Waals surface area contributed by atoms with E-state index in [1.807, 2.05) is 6.07 Å². The number of nitriles is 1. The van der Waals surface area contributed by atoms with Crippen molar-refractivity contribution >= 4 is 16.0 Å². The number of carbonyl (C=O) groups is 1. The fraction of sp³-hybridized carbons (Fsp3) is 0.467. The van der Waals surface area contributed by atoms with Gasteiger partial charge >= 0.3 is 5.97 Å². The minimum Gasteiger partial charge on any atom is -0.426 e. The number of esters is 1. The molecule has 1 aliphatic rings. The number of piperidine rings is 1. The van der Waals surface area contributed by atoms with Crippen LogP contribution >= 0.6 is 0 Å². The summed E-state index contributed by atoms with van der Waals surface area (Å²) in [6.45, 7) is 2.29. The van der Waals surface area contributed by atoms with Crippen molar-refractivity contribution in [3.8, 4) is 11.8 Å². The molecule has 0 aromatic heterocycles. The van der Waals surface area contributed by atoms with Crippen LogP contribution in [0.15, 0.2) is 24.3 Å². The van der Waals surface area contributed by atoms with Crippen molar-refractivity contribution in [1.82, 2.24) is 4.31 Å². The summed E-state index contributed by atoms with van der Waals surface area (Å²) >= 11 is 0. The number of hydrogen-bond donors (Lipinski definition) is 0. The Morgan fingerprint density at radius 2 is 2.09 bits per heavy atom. The third kappa shape index (κ3) is 3.84. The molecule has 6 nitrogen and oxygen atoms in total. The standard InChI is InChI=1S/C15H18N2O4S/c1-2-22(19,20)17-8-6-13(7-9-17)15(18)21-14-5-3-4-12(10-14)11-16/h3-5,10,13H,2,6-9H2,1H3. The molecule has 2 rings (SSSR count). The maximum Gasteiger partial charge on any atom is 0.314 e. The second kappa shape index (κ2) is 6.90. The van der Waals surface area contributed by atoms with Gasteiger partial charge in [-0.2, -0.15) is 5.26 Å². The molecule has 0 atom stereocenters. The lowest BCUT2D eigenvalue weighted by Gasteiger charge is -2.29. The summed E-state index contributed by atoms with van der Waals surface area (Å²) in [6.07, 6.45) is 0.909. The van der Waals surface area contributed by atoms with Crippen molar-refractivity contribution in [2.45, 2.75) is 19.8 Å². The predicted molar refractivity (Wildman–Crippen MR) is 80.5 cm³/mol. The van der Waals surface area contributed by atoms with E-state index < -0.39 is 10.0 Å². The molecule has 1 fully saturated rings. The molecule has 0 spiro atoms.